The minimum Gasteiger partial charge on any atom is -0.379 e. The smallest absolute Gasteiger partial charge is 0.315 e. The lowest BCUT2D eigenvalue weighted by Gasteiger charge is -2.34. The molecule has 2 aromatic rings. The molecule has 1 saturated heterocycles. The van der Waals surface area contributed by atoms with Crippen molar-refractivity contribution in [3.05, 3.63) is 58.3 Å². The Kier molecular flexibility index (Phi) is 6.23. The Morgan fingerprint density at radius 2 is 1.96 bits per heavy atom. The lowest BCUT2D eigenvalue weighted by molar-refractivity contribution is 0.0168. The van der Waals surface area contributed by atoms with E-state index in [1.165, 1.54) is 5.56 Å². The predicted molar refractivity (Wildman–Crippen MR) is 96.1 cm³/mol. The number of morpholine rings is 1. The van der Waals surface area contributed by atoms with Gasteiger partial charge >= 0.3 is 6.03 Å². The zero-order chi connectivity index (χ0) is 16.6. The number of hydrogen-bond acceptors (Lipinski definition) is 4. The highest BCUT2D eigenvalue weighted by Crippen LogP contribution is 2.23. The largest absolute Gasteiger partial charge is 0.379 e. The van der Waals surface area contributed by atoms with Crippen molar-refractivity contribution < 1.29 is 9.53 Å². The van der Waals surface area contributed by atoms with Gasteiger partial charge in [0.2, 0.25) is 0 Å². The van der Waals surface area contributed by atoms with Crippen LogP contribution in [0.2, 0.25) is 0 Å². The van der Waals surface area contributed by atoms with E-state index in [9.17, 15) is 4.79 Å². The first kappa shape index (κ1) is 17.0. The molecule has 0 spiro atoms. The zero-order valence-corrected chi connectivity index (χ0v) is 14.4. The van der Waals surface area contributed by atoms with Gasteiger partial charge in [-0.1, -0.05) is 30.3 Å². The number of amides is 2. The number of nitrogens with zero attached hydrogens (tertiary/aromatic N) is 1. The summed E-state index contributed by atoms with van der Waals surface area (Å²) in [4.78, 5) is 14.5. The summed E-state index contributed by atoms with van der Waals surface area (Å²) in [7, 11) is 0. The maximum atomic E-state index is 12.1. The van der Waals surface area contributed by atoms with E-state index in [2.05, 4.69) is 32.4 Å². The molecule has 5 nitrogen and oxygen atoms in total. The maximum absolute atomic E-state index is 12.1. The Morgan fingerprint density at radius 3 is 2.67 bits per heavy atom. The van der Waals surface area contributed by atoms with Crippen LogP contribution in [-0.4, -0.2) is 43.8 Å². The zero-order valence-electron chi connectivity index (χ0n) is 13.6. The molecule has 1 fully saturated rings. The van der Waals surface area contributed by atoms with Gasteiger partial charge in [0.05, 0.1) is 19.3 Å². The summed E-state index contributed by atoms with van der Waals surface area (Å²) in [5, 5.41) is 10.2. The Bertz CT molecular complexity index is 612. The number of hydrogen-bond donors (Lipinski definition) is 2. The van der Waals surface area contributed by atoms with E-state index in [1.54, 1.807) is 11.3 Å². The Labute approximate surface area is 146 Å². The first-order valence-corrected chi connectivity index (χ1v) is 9.17. The van der Waals surface area contributed by atoms with E-state index in [1.807, 2.05) is 30.3 Å². The lowest BCUT2D eigenvalue weighted by Crippen LogP contribution is -2.45. The molecule has 1 aromatic carbocycles. The Morgan fingerprint density at radius 1 is 1.17 bits per heavy atom. The number of benzene rings is 1. The number of ether oxygens (including phenoxy) is 1. The second-order valence-corrected chi connectivity index (χ2v) is 6.55. The molecule has 2 amide bonds. The van der Waals surface area contributed by atoms with Crippen molar-refractivity contribution in [2.45, 2.75) is 12.6 Å². The molecule has 0 bridgehead atoms. The van der Waals surface area contributed by atoms with Gasteiger partial charge in [0.1, 0.15) is 0 Å². The van der Waals surface area contributed by atoms with Crippen LogP contribution in [0.15, 0.2) is 47.2 Å². The molecule has 1 unspecified atom stereocenters. The fourth-order valence-electron chi connectivity index (χ4n) is 2.84. The van der Waals surface area contributed by atoms with E-state index >= 15 is 0 Å². The van der Waals surface area contributed by atoms with Crippen molar-refractivity contribution in [2.24, 2.45) is 0 Å². The van der Waals surface area contributed by atoms with Gasteiger partial charge in [-0.05, 0) is 28.0 Å². The molecule has 1 atom stereocenters. The van der Waals surface area contributed by atoms with Gasteiger partial charge in [-0.25, -0.2) is 4.79 Å². The number of nitrogens with one attached hydrogen (secondary N) is 2. The highest BCUT2D eigenvalue weighted by Gasteiger charge is 2.23. The van der Waals surface area contributed by atoms with Crippen LogP contribution in [-0.2, 0) is 11.3 Å². The highest BCUT2D eigenvalue weighted by atomic mass is 32.1. The minimum atomic E-state index is -0.132. The molecule has 1 aromatic heterocycles. The lowest BCUT2D eigenvalue weighted by atomic mass is 10.1. The van der Waals surface area contributed by atoms with E-state index in [0.717, 1.165) is 31.9 Å². The van der Waals surface area contributed by atoms with E-state index in [0.29, 0.717) is 13.1 Å². The molecule has 2 heterocycles. The highest BCUT2D eigenvalue weighted by molar-refractivity contribution is 7.07. The SMILES string of the molecule is O=C(NCc1ccccc1)NCC(c1ccsc1)N1CCOCC1. The molecule has 1 aliphatic heterocycles. The second kappa shape index (κ2) is 8.82. The standard InChI is InChI=1S/C18H23N3O2S/c22-18(19-12-15-4-2-1-3-5-15)20-13-17(16-6-11-24-14-16)21-7-9-23-10-8-21/h1-6,11,14,17H,7-10,12-13H2,(H2,19,20,22). The summed E-state index contributed by atoms with van der Waals surface area (Å²) in [5.41, 5.74) is 2.35. The summed E-state index contributed by atoms with van der Waals surface area (Å²) < 4.78 is 5.44. The van der Waals surface area contributed by atoms with Crippen LogP contribution >= 0.6 is 11.3 Å². The van der Waals surface area contributed by atoms with Crippen molar-refractivity contribution in [1.82, 2.24) is 15.5 Å². The monoisotopic (exact) mass is 345 g/mol. The van der Waals surface area contributed by atoms with Crippen molar-refractivity contribution in [3.63, 3.8) is 0 Å². The average molecular weight is 345 g/mol. The van der Waals surface area contributed by atoms with E-state index in [-0.39, 0.29) is 12.1 Å². The fourth-order valence-corrected chi connectivity index (χ4v) is 3.55. The van der Waals surface area contributed by atoms with Crippen LogP contribution in [0.5, 0.6) is 0 Å². The third-order valence-electron chi connectivity index (χ3n) is 4.17. The van der Waals surface area contributed by atoms with Crippen molar-refractivity contribution >= 4 is 17.4 Å². The van der Waals surface area contributed by atoms with Gasteiger partial charge in [0, 0.05) is 26.2 Å². The molecule has 1 aliphatic rings. The molecule has 128 valence electrons. The topological polar surface area (TPSA) is 53.6 Å². The summed E-state index contributed by atoms with van der Waals surface area (Å²) in [5.74, 6) is 0. The normalized spacial score (nSPS) is 16.5. The second-order valence-electron chi connectivity index (χ2n) is 5.77. The number of rotatable bonds is 6. The van der Waals surface area contributed by atoms with Crippen LogP contribution in [0.3, 0.4) is 0 Å². The summed E-state index contributed by atoms with van der Waals surface area (Å²) in [6.07, 6.45) is 0. The first-order chi connectivity index (χ1) is 11.8. The minimum absolute atomic E-state index is 0.132. The Hall–Kier alpha value is -1.89. The predicted octanol–water partition coefficient (Wildman–Crippen LogP) is 2.62. The van der Waals surface area contributed by atoms with Gasteiger partial charge in [0.25, 0.3) is 0 Å². The van der Waals surface area contributed by atoms with Crippen LogP contribution in [0, 0.1) is 0 Å². The molecule has 3 rings (SSSR count). The van der Waals surface area contributed by atoms with Gasteiger partial charge in [-0.2, -0.15) is 11.3 Å². The molecule has 0 aliphatic carbocycles. The molecular weight excluding hydrogens is 322 g/mol. The third kappa shape index (κ3) is 4.80. The summed E-state index contributed by atoms with van der Waals surface area (Å²) >= 11 is 1.69. The van der Waals surface area contributed by atoms with Gasteiger partial charge in [-0.15, -0.1) is 0 Å². The van der Waals surface area contributed by atoms with Crippen LogP contribution in [0.4, 0.5) is 4.79 Å². The molecule has 0 saturated carbocycles. The van der Waals surface area contributed by atoms with Gasteiger partial charge in [0.15, 0.2) is 0 Å². The third-order valence-corrected chi connectivity index (χ3v) is 4.87. The molecule has 6 heteroatoms. The van der Waals surface area contributed by atoms with Crippen molar-refractivity contribution in [1.29, 1.82) is 0 Å². The molecule has 2 N–H and O–H groups in total. The van der Waals surface area contributed by atoms with Crippen LogP contribution < -0.4 is 10.6 Å². The van der Waals surface area contributed by atoms with Crippen LogP contribution in [0.1, 0.15) is 17.2 Å². The first-order valence-electron chi connectivity index (χ1n) is 8.22. The van der Waals surface area contributed by atoms with Crippen molar-refractivity contribution in [3.8, 4) is 0 Å². The van der Waals surface area contributed by atoms with E-state index < -0.39 is 0 Å². The summed E-state index contributed by atoms with van der Waals surface area (Å²) in [6.45, 7) is 4.42. The Balaban J connectivity index is 1.52. The quantitative estimate of drug-likeness (QED) is 0.846. The number of carbonyl (C=O) groups is 1. The number of thiophene rings is 1. The molecule has 24 heavy (non-hydrogen) atoms. The summed E-state index contributed by atoms with van der Waals surface area (Å²) in [6, 6.07) is 12.1. The fraction of sp³-hybridized carbons (Fsp3) is 0.389. The molecular formula is C18H23N3O2S. The number of carbonyl (C=O) groups excluding carboxylic acids is 1. The molecule has 0 radical (unpaired) electrons. The van der Waals surface area contributed by atoms with E-state index in [4.69, 9.17) is 4.74 Å². The van der Waals surface area contributed by atoms with Gasteiger partial charge in [-0.3, -0.25) is 4.90 Å². The van der Waals surface area contributed by atoms with Crippen LogP contribution in [0.25, 0.3) is 0 Å². The maximum Gasteiger partial charge on any atom is 0.315 e. The number of urea groups is 1. The van der Waals surface area contributed by atoms with Gasteiger partial charge < -0.3 is 15.4 Å². The van der Waals surface area contributed by atoms with Crippen molar-refractivity contribution in [2.75, 3.05) is 32.8 Å². The average Bonchev–Trinajstić information content (AvgIpc) is 3.16.